The maximum absolute atomic E-state index is 12.1. The summed E-state index contributed by atoms with van der Waals surface area (Å²) in [6, 6.07) is 6.10. The third kappa shape index (κ3) is 4.40. The molecule has 1 aromatic heterocycles. The Labute approximate surface area is 147 Å². The molecule has 1 N–H and O–H groups in total. The summed E-state index contributed by atoms with van der Waals surface area (Å²) < 4.78 is 5.50. The Kier molecular flexibility index (Phi) is 5.75. The normalized spacial score (nSPS) is 11.9. The molecule has 1 aromatic carbocycles. The van der Waals surface area contributed by atoms with Gasteiger partial charge in [0, 0.05) is 12.3 Å². The molecule has 0 bridgehead atoms. The van der Waals surface area contributed by atoms with Crippen LogP contribution >= 0.6 is 46.4 Å². The third-order valence-electron chi connectivity index (χ3n) is 2.63. The number of pyridine rings is 1. The summed E-state index contributed by atoms with van der Waals surface area (Å²) in [7, 11) is 0. The van der Waals surface area contributed by atoms with Crippen LogP contribution in [0.15, 0.2) is 30.5 Å². The van der Waals surface area contributed by atoms with Gasteiger partial charge < -0.3 is 10.1 Å². The fourth-order valence-electron chi connectivity index (χ4n) is 1.52. The first-order valence-corrected chi connectivity index (χ1v) is 7.61. The Bertz CT molecular complexity index is 692. The number of ether oxygens (including phenoxy) is 1. The second-order valence-electron chi connectivity index (χ2n) is 4.31. The SMILES string of the molecule is C[C@H](Oc1cc(Cl)c(Cl)cc1Cl)C(=O)Nc1ccc(Cl)cn1. The topological polar surface area (TPSA) is 51.2 Å². The van der Waals surface area contributed by atoms with E-state index in [1.165, 1.54) is 18.3 Å². The summed E-state index contributed by atoms with van der Waals surface area (Å²) >= 11 is 23.5. The Morgan fingerprint density at radius 1 is 1.14 bits per heavy atom. The van der Waals surface area contributed by atoms with Crippen LogP contribution < -0.4 is 10.1 Å². The molecule has 1 heterocycles. The third-order valence-corrected chi connectivity index (χ3v) is 3.87. The highest BCUT2D eigenvalue weighted by molar-refractivity contribution is 6.43. The van der Waals surface area contributed by atoms with Crippen molar-refractivity contribution in [3.8, 4) is 5.75 Å². The number of hydrogen-bond donors (Lipinski definition) is 1. The van der Waals surface area contributed by atoms with Crippen LogP contribution in [0.2, 0.25) is 20.1 Å². The van der Waals surface area contributed by atoms with E-state index in [9.17, 15) is 4.79 Å². The number of amides is 1. The van der Waals surface area contributed by atoms with Gasteiger partial charge in [-0.05, 0) is 25.1 Å². The number of rotatable bonds is 4. The van der Waals surface area contributed by atoms with Gasteiger partial charge in [-0.3, -0.25) is 4.79 Å². The van der Waals surface area contributed by atoms with Gasteiger partial charge in [-0.15, -0.1) is 0 Å². The molecule has 1 amide bonds. The lowest BCUT2D eigenvalue weighted by Crippen LogP contribution is -2.30. The van der Waals surface area contributed by atoms with Crippen molar-refractivity contribution in [3.63, 3.8) is 0 Å². The van der Waals surface area contributed by atoms with Gasteiger partial charge in [-0.2, -0.15) is 0 Å². The minimum Gasteiger partial charge on any atom is -0.479 e. The number of nitrogens with one attached hydrogen (secondary N) is 1. The summed E-state index contributed by atoms with van der Waals surface area (Å²) in [4.78, 5) is 16.0. The molecule has 0 radical (unpaired) electrons. The second kappa shape index (κ2) is 7.38. The van der Waals surface area contributed by atoms with Crippen molar-refractivity contribution in [2.24, 2.45) is 0 Å². The first-order valence-electron chi connectivity index (χ1n) is 6.10. The van der Waals surface area contributed by atoms with E-state index in [0.717, 1.165) is 0 Å². The number of halogens is 4. The molecule has 116 valence electrons. The summed E-state index contributed by atoms with van der Waals surface area (Å²) in [5.41, 5.74) is 0. The summed E-state index contributed by atoms with van der Waals surface area (Å²) in [6.07, 6.45) is 0.616. The molecular weight excluding hydrogens is 370 g/mol. The van der Waals surface area contributed by atoms with Crippen LogP contribution in [-0.4, -0.2) is 17.0 Å². The van der Waals surface area contributed by atoms with Crippen LogP contribution in [0.25, 0.3) is 0 Å². The maximum Gasteiger partial charge on any atom is 0.266 e. The predicted molar refractivity (Wildman–Crippen MR) is 89.4 cm³/mol. The molecule has 0 saturated carbocycles. The lowest BCUT2D eigenvalue weighted by molar-refractivity contribution is -0.122. The van der Waals surface area contributed by atoms with Gasteiger partial charge in [-0.1, -0.05) is 46.4 Å². The van der Waals surface area contributed by atoms with Gasteiger partial charge in [0.25, 0.3) is 5.91 Å². The van der Waals surface area contributed by atoms with E-state index in [0.29, 0.717) is 15.9 Å². The average molecular weight is 380 g/mol. The van der Waals surface area contributed by atoms with E-state index in [2.05, 4.69) is 10.3 Å². The number of hydrogen-bond acceptors (Lipinski definition) is 3. The van der Waals surface area contributed by atoms with Gasteiger partial charge in [0.15, 0.2) is 6.10 Å². The van der Waals surface area contributed by atoms with Gasteiger partial charge in [0.2, 0.25) is 0 Å². The highest BCUT2D eigenvalue weighted by Crippen LogP contribution is 2.34. The lowest BCUT2D eigenvalue weighted by atomic mass is 10.3. The molecule has 8 heteroatoms. The Hall–Kier alpha value is -1.20. The highest BCUT2D eigenvalue weighted by atomic mass is 35.5. The van der Waals surface area contributed by atoms with E-state index in [1.807, 2.05) is 0 Å². The van der Waals surface area contributed by atoms with Crippen molar-refractivity contribution in [1.82, 2.24) is 4.98 Å². The van der Waals surface area contributed by atoms with Gasteiger partial charge >= 0.3 is 0 Å². The molecule has 0 spiro atoms. The summed E-state index contributed by atoms with van der Waals surface area (Å²) in [5.74, 6) is 0.241. The zero-order valence-electron chi connectivity index (χ0n) is 11.2. The Morgan fingerprint density at radius 2 is 1.82 bits per heavy atom. The first kappa shape index (κ1) is 17.2. The van der Waals surface area contributed by atoms with Crippen LogP contribution in [0, 0.1) is 0 Å². The average Bonchev–Trinajstić information content (AvgIpc) is 2.47. The number of anilines is 1. The lowest BCUT2D eigenvalue weighted by Gasteiger charge is -2.16. The van der Waals surface area contributed by atoms with Crippen LogP contribution in [0.5, 0.6) is 5.75 Å². The van der Waals surface area contributed by atoms with Crippen molar-refractivity contribution in [2.75, 3.05) is 5.32 Å². The van der Waals surface area contributed by atoms with Crippen LogP contribution in [0.3, 0.4) is 0 Å². The molecule has 0 aliphatic carbocycles. The number of carbonyl (C=O) groups excluding carboxylic acids is 1. The minimum atomic E-state index is -0.813. The maximum atomic E-state index is 12.1. The van der Waals surface area contributed by atoms with Gasteiger partial charge in [0.1, 0.15) is 11.6 Å². The molecule has 22 heavy (non-hydrogen) atoms. The van der Waals surface area contributed by atoms with E-state index < -0.39 is 12.0 Å². The standard InChI is InChI=1S/C14H10Cl4N2O2/c1-7(14(21)20-13-3-2-8(15)6-19-13)22-12-5-10(17)9(16)4-11(12)18/h2-7H,1H3,(H,19,20,21)/t7-/m0/s1. The number of carbonyl (C=O) groups is 1. The zero-order chi connectivity index (χ0) is 16.3. The van der Waals surface area contributed by atoms with Gasteiger partial charge in [0.05, 0.1) is 20.1 Å². The zero-order valence-corrected chi connectivity index (χ0v) is 14.3. The predicted octanol–water partition coefficient (Wildman–Crippen LogP) is 5.10. The fourth-order valence-corrected chi connectivity index (χ4v) is 2.21. The Morgan fingerprint density at radius 3 is 2.45 bits per heavy atom. The van der Waals surface area contributed by atoms with E-state index in [1.54, 1.807) is 19.1 Å². The van der Waals surface area contributed by atoms with Crippen molar-refractivity contribution < 1.29 is 9.53 Å². The molecule has 0 aliphatic heterocycles. The first-order chi connectivity index (χ1) is 10.4. The van der Waals surface area contributed by atoms with Crippen molar-refractivity contribution in [2.45, 2.75) is 13.0 Å². The van der Waals surface area contributed by atoms with E-state index >= 15 is 0 Å². The molecule has 0 fully saturated rings. The van der Waals surface area contributed by atoms with Crippen molar-refractivity contribution in [1.29, 1.82) is 0 Å². The molecule has 4 nitrogen and oxygen atoms in total. The molecule has 0 unspecified atom stereocenters. The fraction of sp³-hybridized carbons (Fsp3) is 0.143. The number of nitrogens with zero attached hydrogens (tertiary/aromatic N) is 1. The summed E-state index contributed by atoms with van der Waals surface area (Å²) in [6.45, 7) is 1.57. The minimum absolute atomic E-state index is 0.263. The van der Waals surface area contributed by atoms with E-state index in [-0.39, 0.29) is 15.8 Å². The molecule has 0 saturated heterocycles. The van der Waals surface area contributed by atoms with Crippen LogP contribution in [-0.2, 0) is 4.79 Å². The van der Waals surface area contributed by atoms with Crippen LogP contribution in [0.1, 0.15) is 6.92 Å². The quantitative estimate of drug-likeness (QED) is 0.751. The monoisotopic (exact) mass is 378 g/mol. The highest BCUT2D eigenvalue weighted by Gasteiger charge is 2.18. The number of benzene rings is 1. The molecular formula is C14H10Cl4N2O2. The largest absolute Gasteiger partial charge is 0.479 e. The molecule has 2 rings (SSSR count). The smallest absolute Gasteiger partial charge is 0.266 e. The second-order valence-corrected chi connectivity index (χ2v) is 5.97. The van der Waals surface area contributed by atoms with Crippen molar-refractivity contribution in [3.05, 3.63) is 50.6 Å². The summed E-state index contributed by atoms with van der Waals surface area (Å²) in [5, 5.41) is 3.93. The molecule has 0 aliphatic rings. The van der Waals surface area contributed by atoms with Crippen LogP contribution in [0.4, 0.5) is 5.82 Å². The number of aromatic nitrogens is 1. The Balaban J connectivity index is 2.05. The molecule has 1 atom stereocenters. The van der Waals surface area contributed by atoms with Crippen molar-refractivity contribution >= 4 is 58.1 Å². The van der Waals surface area contributed by atoms with Gasteiger partial charge in [-0.25, -0.2) is 4.98 Å². The molecule has 2 aromatic rings. The van der Waals surface area contributed by atoms with E-state index in [4.69, 9.17) is 51.1 Å².